The number of benzene rings is 1. The molecule has 0 saturated heterocycles. The van der Waals surface area contributed by atoms with Crippen molar-refractivity contribution in [3.8, 4) is 0 Å². The number of ether oxygens (including phenoxy) is 1. The van der Waals surface area contributed by atoms with Crippen LogP contribution >= 0.6 is 0 Å². The fourth-order valence-corrected chi connectivity index (χ4v) is 4.50. The summed E-state index contributed by atoms with van der Waals surface area (Å²) >= 11 is 0. The monoisotopic (exact) mass is 329 g/mol. The lowest BCUT2D eigenvalue weighted by Gasteiger charge is -2.71. The lowest BCUT2D eigenvalue weighted by molar-refractivity contribution is -0.262. The van der Waals surface area contributed by atoms with Crippen LogP contribution in [0.15, 0.2) is 30.5 Å². The van der Waals surface area contributed by atoms with Crippen LogP contribution in [0.2, 0.25) is 0 Å². The van der Waals surface area contributed by atoms with Crippen molar-refractivity contribution in [2.45, 2.75) is 18.9 Å². The lowest BCUT2D eigenvalue weighted by Crippen LogP contribution is -2.76. The number of carboxylic acids is 2. The van der Waals surface area contributed by atoms with Gasteiger partial charge >= 0.3 is 17.9 Å². The molecule has 0 radical (unpaired) electrons. The third-order valence-corrected chi connectivity index (χ3v) is 5.61. The average Bonchev–Trinajstić information content (AvgIpc) is 2.87. The van der Waals surface area contributed by atoms with Gasteiger partial charge in [-0.3, -0.25) is 9.59 Å². The van der Waals surface area contributed by atoms with Crippen molar-refractivity contribution in [1.82, 2.24) is 4.57 Å². The van der Waals surface area contributed by atoms with Crippen LogP contribution in [0.3, 0.4) is 0 Å². The number of hydrogen-bond donors (Lipinski definition) is 2. The first-order valence-electron chi connectivity index (χ1n) is 7.52. The Bertz CT molecular complexity index is 879. The van der Waals surface area contributed by atoms with Gasteiger partial charge in [0.2, 0.25) is 0 Å². The first-order chi connectivity index (χ1) is 11.4. The van der Waals surface area contributed by atoms with Crippen molar-refractivity contribution in [2.75, 3.05) is 7.11 Å². The SMILES string of the molecule is COC(=O)c1cccc2c1ccn2C1C2(C(=O)O)CC1(C(=O)O)C2. The van der Waals surface area contributed by atoms with Gasteiger partial charge in [-0.25, -0.2) is 4.79 Å². The van der Waals surface area contributed by atoms with E-state index in [1.54, 1.807) is 35.0 Å². The zero-order chi connectivity index (χ0) is 17.3. The summed E-state index contributed by atoms with van der Waals surface area (Å²) in [6, 6.07) is 6.11. The quantitative estimate of drug-likeness (QED) is 0.830. The summed E-state index contributed by atoms with van der Waals surface area (Å²) < 4.78 is 6.46. The van der Waals surface area contributed by atoms with Gasteiger partial charge in [0.05, 0.1) is 29.5 Å². The van der Waals surface area contributed by atoms with Crippen LogP contribution in [0.5, 0.6) is 0 Å². The maximum Gasteiger partial charge on any atom is 0.338 e. The number of carbonyl (C=O) groups is 3. The van der Waals surface area contributed by atoms with Crippen LogP contribution in [0, 0.1) is 10.8 Å². The Balaban J connectivity index is 1.87. The molecule has 2 N–H and O–H groups in total. The Labute approximate surface area is 136 Å². The Morgan fingerprint density at radius 1 is 1.12 bits per heavy atom. The second kappa shape index (κ2) is 4.37. The molecule has 0 aliphatic heterocycles. The highest BCUT2D eigenvalue weighted by Gasteiger charge is 2.83. The third kappa shape index (κ3) is 1.45. The van der Waals surface area contributed by atoms with Gasteiger partial charge in [0.1, 0.15) is 0 Å². The molecule has 3 aliphatic carbocycles. The highest BCUT2D eigenvalue weighted by Crippen LogP contribution is 2.79. The summed E-state index contributed by atoms with van der Waals surface area (Å²) in [5.74, 6) is -2.43. The zero-order valence-electron chi connectivity index (χ0n) is 12.9. The lowest BCUT2D eigenvalue weighted by atomic mass is 9.31. The highest BCUT2D eigenvalue weighted by atomic mass is 16.5. The number of hydrogen-bond acceptors (Lipinski definition) is 4. The standard InChI is InChI=1S/C17H15NO6/c1-24-12(19)10-3-2-4-11-9(10)5-6-18(11)13-16(14(20)21)7-17(13,8-16)15(22)23/h2-6,13H,7-8H2,1H3,(H,20,21)(H,22,23). The van der Waals surface area contributed by atoms with Crippen molar-refractivity contribution < 1.29 is 29.3 Å². The van der Waals surface area contributed by atoms with Gasteiger partial charge in [-0.2, -0.15) is 0 Å². The molecule has 2 aromatic rings. The molecule has 124 valence electrons. The molecule has 7 heteroatoms. The normalized spacial score (nSPS) is 30.3. The zero-order valence-corrected chi connectivity index (χ0v) is 12.9. The summed E-state index contributed by atoms with van der Waals surface area (Å²) in [5, 5.41) is 19.8. The minimum atomic E-state index is -1.04. The molecule has 0 amide bonds. The van der Waals surface area contributed by atoms with E-state index in [2.05, 4.69) is 0 Å². The van der Waals surface area contributed by atoms with Gasteiger partial charge in [0.15, 0.2) is 0 Å². The van der Waals surface area contributed by atoms with Gasteiger partial charge in [0, 0.05) is 17.1 Å². The minimum Gasteiger partial charge on any atom is -0.481 e. The number of methoxy groups -OCH3 is 1. The Morgan fingerprint density at radius 3 is 2.29 bits per heavy atom. The number of nitrogens with zero attached hydrogens (tertiary/aromatic N) is 1. The van der Waals surface area contributed by atoms with Crippen molar-refractivity contribution in [3.05, 3.63) is 36.0 Å². The number of aliphatic carboxylic acids is 2. The molecule has 1 aromatic carbocycles. The molecule has 24 heavy (non-hydrogen) atoms. The van der Waals surface area contributed by atoms with E-state index in [4.69, 9.17) is 4.74 Å². The molecule has 5 rings (SSSR count). The Morgan fingerprint density at radius 2 is 1.75 bits per heavy atom. The first-order valence-corrected chi connectivity index (χ1v) is 7.52. The number of carbonyl (C=O) groups excluding carboxylic acids is 1. The number of aromatic nitrogens is 1. The van der Waals surface area contributed by atoms with E-state index in [0.717, 1.165) is 0 Å². The van der Waals surface area contributed by atoms with E-state index in [1.807, 2.05) is 0 Å². The molecule has 3 aliphatic rings. The molecular formula is C17H15NO6. The molecular weight excluding hydrogens is 314 g/mol. The predicted molar refractivity (Wildman–Crippen MR) is 81.7 cm³/mol. The van der Waals surface area contributed by atoms with E-state index < -0.39 is 34.8 Å². The van der Waals surface area contributed by atoms with Gasteiger partial charge in [-0.15, -0.1) is 0 Å². The molecule has 1 aromatic heterocycles. The van der Waals surface area contributed by atoms with Crippen molar-refractivity contribution in [2.24, 2.45) is 10.8 Å². The summed E-state index contributed by atoms with van der Waals surface area (Å²) in [6.07, 6.45) is 1.95. The molecule has 3 fully saturated rings. The van der Waals surface area contributed by atoms with Crippen LogP contribution < -0.4 is 0 Å². The summed E-state index contributed by atoms with van der Waals surface area (Å²) in [5.41, 5.74) is -1.06. The van der Waals surface area contributed by atoms with Crippen LogP contribution in [-0.2, 0) is 14.3 Å². The molecule has 0 unspecified atom stereocenters. The molecule has 2 bridgehead atoms. The fourth-order valence-electron chi connectivity index (χ4n) is 4.50. The number of fused-ring (bicyclic) bond motifs is 1. The van der Waals surface area contributed by atoms with E-state index in [-0.39, 0.29) is 12.8 Å². The number of carboxylic acid groups (broad SMARTS) is 2. The van der Waals surface area contributed by atoms with E-state index in [1.165, 1.54) is 7.11 Å². The van der Waals surface area contributed by atoms with Gasteiger partial charge < -0.3 is 19.5 Å². The third-order valence-electron chi connectivity index (χ3n) is 5.61. The maximum atomic E-state index is 11.9. The van der Waals surface area contributed by atoms with E-state index >= 15 is 0 Å². The van der Waals surface area contributed by atoms with Crippen LogP contribution in [0.25, 0.3) is 10.9 Å². The van der Waals surface area contributed by atoms with Gasteiger partial charge in [0.25, 0.3) is 0 Å². The van der Waals surface area contributed by atoms with Crippen molar-refractivity contribution in [3.63, 3.8) is 0 Å². The van der Waals surface area contributed by atoms with E-state index in [9.17, 15) is 24.6 Å². The highest BCUT2D eigenvalue weighted by molar-refractivity contribution is 6.04. The van der Waals surface area contributed by atoms with Gasteiger partial charge in [-0.1, -0.05) is 6.07 Å². The Kier molecular flexibility index (Phi) is 2.69. The second-order valence-corrected chi connectivity index (χ2v) is 6.63. The van der Waals surface area contributed by atoms with Crippen LogP contribution in [0.4, 0.5) is 0 Å². The summed E-state index contributed by atoms with van der Waals surface area (Å²) in [6.45, 7) is 0. The molecule has 0 spiro atoms. The van der Waals surface area contributed by atoms with Crippen molar-refractivity contribution >= 4 is 28.8 Å². The molecule has 1 heterocycles. The maximum absolute atomic E-state index is 11.9. The topological polar surface area (TPSA) is 106 Å². The first kappa shape index (κ1) is 14.7. The van der Waals surface area contributed by atoms with Gasteiger partial charge in [-0.05, 0) is 31.0 Å². The second-order valence-electron chi connectivity index (χ2n) is 6.63. The minimum absolute atomic E-state index is 0.145. The largest absolute Gasteiger partial charge is 0.481 e. The smallest absolute Gasteiger partial charge is 0.338 e. The molecule has 3 saturated carbocycles. The number of rotatable bonds is 4. The van der Waals surface area contributed by atoms with Crippen LogP contribution in [-0.4, -0.2) is 39.8 Å². The number of esters is 1. The van der Waals surface area contributed by atoms with Crippen LogP contribution in [0.1, 0.15) is 29.2 Å². The fraction of sp³-hybridized carbons (Fsp3) is 0.353. The van der Waals surface area contributed by atoms with Crippen molar-refractivity contribution in [1.29, 1.82) is 0 Å². The molecule has 7 nitrogen and oxygen atoms in total. The molecule has 0 atom stereocenters. The summed E-state index contributed by atoms with van der Waals surface area (Å²) in [4.78, 5) is 35.3. The Hall–Kier alpha value is -2.83. The average molecular weight is 329 g/mol. The predicted octanol–water partition coefficient (Wildman–Crippen LogP) is 1.92. The summed E-state index contributed by atoms with van der Waals surface area (Å²) in [7, 11) is 1.29. The van der Waals surface area contributed by atoms with E-state index in [0.29, 0.717) is 16.5 Å².